The Morgan fingerprint density at radius 3 is 2.81 bits per heavy atom. The van der Waals surface area contributed by atoms with Crippen LogP contribution >= 0.6 is 23.1 Å². The minimum Gasteiger partial charge on any atom is -0.383 e. The molecule has 0 unspecified atom stereocenters. The van der Waals surface area contributed by atoms with E-state index >= 15 is 0 Å². The SMILES string of the molecule is CSc1scc2c1C(=O)/C(=C\N(C)C)CC2. The fourth-order valence-electron chi connectivity index (χ4n) is 1.92. The summed E-state index contributed by atoms with van der Waals surface area (Å²) in [6.07, 6.45) is 5.85. The lowest BCUT2D eigenvalue weighted by Gasteiger charge is -2.17. The highest BCUT2D eigenvalue weighted by atomic mass is 32.2. The van der Waals surface area contributed by atoms with E-state index in [2.05, 4.69) is 5.38 Å². The Balaban J connectivity index is 2.41. The highest BCUT2D eigenvalue weighted by Crippen LogP contribution is 2.37. The molecule has 0 aromatic carbocycles. The van der Waals surface area contributed by atoms with Crippen molar-refractivity contribution in [1.82, 2.24) is 4.90 Å². The van der Waals surface area contributed by atoms with Crippen LogP contribution in [0.1, 0.15) is 22.3 Å². The van der Waals surface area contributed by atoms with Gasteiger partial charge in [-0.15, -0.1) is 23.1 Å². The molecular weight excluding hydrogens is 238 g/mol. The van der Waals surface area contributed by atoms with E-state index in [9.17, 15) is 4.79 Å². The van der Waals surface area contributed by atoms with Crippen LogP contribution in [0.25, 0.3) is 0 Å². The fourth-order valence-corrected chi connectivity index (χ4v) is 3.71. The number of fused-ring (bicyclic) bond motifs is 1. The molecule has 0 aliphatic heterocycles. The predicted molar refractivity (Wildman–Crippen MR) is 70.5 cm³/mol. The van der Waals surface area contributed by atoms with E-state index in [1.807, 2.05) is 31.5 Å². The van der Waals surface area contributed by atoms with Crippen molar-refractivity contribution in [3.8, 4) is 0 Å². The second-order valence-corrected chi connectivity index (χ2v) is 6.03. The maximum Gasteiger partial charge on any atom is 0.192 e. The summed E-state index contributed by atoms with van der Waals surface area (Å²) in [4.78, 5) is 14.2. The molecule has 1 heterocycles. The summed E-state index contributed by atoms with van der Waals surface area (Å²) in [6.45, 7) is 0. The molecule has 0 fully saturated rings. The molecule has 0 saturated heterocycles. The van der Waals surface area contributed by atoms with Crippen molar-refractivity contribution in [3.63, 3.8) is 0 Å². The van der Waals surface area contributed by atoms with Crippen molar-refractivity contribution < 1.29 is 4.79 Å². The van der Waals surface area contributed by atoms with Crippen molar-refractivity contribution in [2.45, 2.75) is 17.1 Å². The summed E-state index contributed by atoms with van der Waals surface area (Å²) in [7, 11) is 3.91. The number of thiophene rings is 1. The third-order valence-corrected chi connectivity index (χ3v) is 4.80. The van der Waals surface area contributed by atoms with Crippen LogP contribution in [0.4, 0.5) is 0 Å². The van der Waals surface area contributed by atoms with Gasteiger partial charge < -0.3 is 4.90 Å². The molecule has 0 saturated carbocycles. The number of thioether (sulfide) groups is 1. The molecule has 1 aromatic heterocycles. The Hall–Kier alpha value is -0.740. The van der Waals surface area contributed by atoms with E-state index < -0.39 is 0 Å². The van der Waals surface area contributed by atoms with Gasteiger partial charge >= 0.3 is 0 Å². The van der Waals surface area contributed by atoms with Gasteiger partial charge in [-0.3, -0.25) is 4.79 Å². The molecule has 0 amide bonds. The summed E-state index contributed by atoms with van der Waals surface area (Å²) >= 11 is 3.36. The summed E-state index contributed by atoms with van der Waals surface area (Å²) in [6, 6.07) is 0. The van der Waals surface area contributed by atoms with Gasteiger partial charge in [0, 0.05) is 31.4 Å². The van der Waals surface area contributed by atoms with E-state index in [1.54, 1.807) is 23.1 Å². The normalized spacial score (nSPS) is 17.7. The van der Waals surface area contributed by atoms with Crippen LogP contribution in [-0.2, 0) is 6.42 Å². The molecule has 1 aromatic rings. The highest BCUT2D eigenvalue weighted by molar-refractivity contribution is 8.00. The molecule has 1 aliphatic rings. The number of ketones is 1. The van der Waals surface area contributed by atoms with Crippen molar-refractivity contribution in [1.29, 1.82) is 0 Å². The van der Waals surface area contributed by atoms with Crippen LogP contribution in [0.3, 0.4) is 0 Å². The van der Waals surface area contributed by atoms with Crippen LogP contribution < -0.4 is 0 Å². The van der Waals surface area contributed by atoms with Crippen molar-refractivity contribution in [2.24, 2.45) is 0 Å². The molecule has 0 N–H and O–H groups in total. The van der Waals surface area contributed by atoms with Crippen LogP contribution in [0, 0.1) is 0 Å². The Labute approximate surface area is 104 Å². The highest BCUT2D eigenvalue weighted by Gasteiger charge is 2.26. The van der Waals surface area contributed by atoms with Crippen LogP contribution in [0.2, 0.25) is 0 Å². The number of rotatable bonds is 2. The van der Waals surface area contributed by atoms with E-state index in [1.165, 1.54) is 5.56 Å². The van der Waals surface area contributed by atoms with Crippen LogP contribution in [-0.4, -0.2) is 31.0 Å². The number of hydrogen-bond acceptors (Lipinski definition) is 4. The largest absolute Gasteiger partial charge is 0.383 e. The number of nitrogens with zero attached hydrogens (tertiary/aromatic N) is 1. The second kappa shape index (κ2) is 4.63. The molecule has 0 spiro atoms. The number of carbonyl (C=O) groups excluding carboxylic acids is 1. The smallest absolute Gasteiger partial charge is 0.192 e. The van der Waals surface area contributed by atoms with Gasteiger partial charge in [0.1, 0.15) is 0 Å². The third kappa shape index (κ3) is 2.04. The molecule has 0 atom stereocenters. The Morgan fingerprint density at radius 1 is 1.44 bits per heavy atom. The molecular formula is C12H15NOS2. The minimum atomic E-state index is 0.223. The van der Waals surface area contributed by atoms with Gasteiger partial charge in [0.2, 0.25) is 0 Å². The number of allylic oxidation sites excluding steroid dienone is 1. The Kier molecular flexibility index (Phi) is 3.40. The molecule has 16 heavy (non-hydrogen) atoms. The zero-order valence-corrected chi connectivity index (χ0v) is 11.4. The van der Waals surface area contributed by atoms with E-state index in [-0.39, 0.29) is 5.78 Å². The first-order chi connectivity index (χ1) is 7.63. The van der Waals surface area contributed by atoms with Gasteiger partial charge in [-0.1, -0.05) is 0 Å². The van der Waals surface area contributed by atoms with E-state index in [0.717, 1.165) is 28.2 Å². The van der Waals surface area contributed by atoms with Crippen LogP contribution in [0.15, 0.2) is 21.4 Å². The zero-order valence-electron chi connectivity index (χ0n) is 9.74. The standard InChI is InChI=1S/C12H15NOS2/c1-13(2)6-8-4-5-9-7-16-12(15-3)10(9)11(8)14/h6-7H,4-5H2,1-3H3/b8-6-. The van der Waals surface area contributed by atoms with Gasteiger partial charge in [0.15, 0.2) is 5.78 Å². The lowest BCUT2D eigenvalue weighted by atomic mass is 9.90. The molecule has 1 aliphatic carbocycles. The van der Waals surface area contributed by atoms with E-state index in [4.69, 9.17) is 0 Å². The average molecular weight is 253 g/mol. The zero-order chi connectivity index (χ0) is 11.7. The molecule has 2 rings (SSSR count). The maximum atomic E-state index is 12.3. The molecule has 0 bridgehead atoms. The topological polar surface area (TPSA) is 20.3 Å². The number of carbonyl (C=O) groups is 1. The third-order valence-electron chi connectivity index (χ3n) is 2.62. The first kappa shape index (κ1) is 11.7. The molecule has 0 radical (unpaired) electrons. The number of aryl methyl sites for hydroxylation is 1. The van der Waals surface area contributed by atoms with Crippen molar-refractivity contribution in [2.75, 3.05) is 20.4 Å². The summed E-state index contributed by atoms with van der Waals surface area (Å²) in [5.41, 5.74) is 3.12. The maximum absolute atomic E-state index is 12.3. The Bertz CT molecular complexity index is 432. The second-order valence-electron chi connectivity index (χ2n) is 4.07. The first-order valence-electron chi connectivity index (χ1n) is 5.19. The van der Waals surface area contributed by atoms with Crippen LogP contribution in [0.5, 0.6) is 0 Å². The summed E-state index contributed by atoms with van der Waals surface area (Å²) in [5.74, 6) is 0.223. The first-order valence-corrected chi connectivity index (χ1v) is 7.30. The molecule has 2 nitrogen and oxygen atoms in total. The Morgan fingerprint density at radius 2 is 2.19 bits per heavy atom. The van der Waals surface area contributed by atoms with Gasteiger partial charge in [-0.2, -0.15) is 0 Å². The molecule has 4 heteroatoms. The molecule has 86 valence electrons. The minimum absolute atomic E-state index is 0.223. The fraction of sp³-hybridized carbons (Fsp3) is 0.417. The van der Waals surface area contributed by atoms with Gasteiger partial charge in [-0.25, -0.2) is 0 Å². The monoisotopic (exact) mass is 253 g/mol. The summed E-state index contributed by atoms with van der Waals surface area (Å²) in [5, 5.41) is 2.13. The average Bonchev–Trinajstić information content (AvgIpc) is 2.65. The lowest BCUT2D eigenvalue weighted by Crippen LogP contribution is -2.16. The van der Waals surface area contributed by atoms with Crippen molar-refractivity contribution in [3.05, 3.63) is 28.3 Å². The van der Waals surface area contributed by atoms with E-state index in [0.29, 0.717) is 0 Å². The van der Waals surface area contributed by atoms with Crippen molar-refractivity contribution >= 4 is 28.9 Å². The van der Waals surface area contributed by atoms with Gasteiger partial charge in [-0.05, 0) is 30.0 Å². The quantitative estimate of drug-likeness (QED) is 0.597. The lowest BCUT2D eigenvalue weighted by molar-refractivity contribution is 0.102. The predicted octanol–water partition coefficient (Wildman–Crippen LogP) is 3.04. The number of Topliss-reactive ketones (excluding diaryl/α,β-unsaturated/α-hetero) is 1. The van der Waals surface area contributed by atoms with Gasteiger partial charge in [0.25, 0.3) is 0 Å². The number of hydrogen-bond donors (Lipinski definition) is 0. The van der Waals surface area contributed by atoms with Gasteiger partial charge in [0.05, 0.1) is 4.21 Å². The summed E-state index contributed by atoms with van der Waals surface area (Å²) < 4.78 is 1.16.